The van der Waals surface area contributed by atoms with Crippen LogP contribution in [0.1, 0.15) is 28.5 Å². The monoisotopic (exact) mass is 478 g/mol. The minimum absolute atomic E-state index is 0.0465. The van der Waals surface area contributed by atoms with Crippen molar-refractivity contribution < 1.29 is 14.6 Å². The number of nitrogens with zero attached hydrogens (tertiary/aromatic N) is 4. The van der Waals surface area contributed by atoms with Crippen molar-refractivity contribution >= 4 is 22.6 Å². The number of rotatable bonds is 6. The highest BCUT2D eigenvalue weighted by Crippen LogP contribution is 2.18. The van der Waals surface area contributed by atoms with Gasteiger partial charge in [0.15, 0.2) is 0 Å². The van der Waals surface area contributed by atoms with Crippen molar-refractivity contribution in [2.45, 2.75) is 32.0 Å². The molecule has 35 heavy (non-hydrogen) atoms. The number of amides is 1. The summed E-state index contributed by atoms with van der Waals surface area (Å²) in [5.74, 6) is -0.313. The highest BCUT2D eigenvalue weighted by Gasteiger charge is 2.28. The zero-order valence-electron chi connectivity index (χ0n) is 19.7. The number of aromatic amines is 1. The van der Waals surface area contributed by atoms with E-state index in [1.54, 1.807) is 12.3 Å². The third-order valence-electron chi connectivity index (χ3n) is 6.70. The molecule has 5 heterocycles. The van der Waals surface area contributed by atoms with Crippen molar-refractivity contribution in [3.63, 3.8) is 0 Å². The number of aliphatic hydroxyl groups excluding tert-OH is 1. The molecule has 2 aliphatic heterocycles. The number of carbonyl (C=O) groups excluding carboxylic acids is 1. The first-order valence-electron chi connectivity index (χ1n) is 12.0. The predicted molar refractivity (Wildman–Crippen MR) is 132 cm³/mol. The Bertz CT molecular complexity index is 1250. The maximum absolute atomic E-state index is 12.4. The summed E-state index contributed by atoms with van der Waals surface area (Å²) in [6.07, 6.45) is 3.61. The Morgan fingerprint density at radius 3 is 2.69 bits per heavy atom. The van der Waals surface area contributed by atoms with E-state index in [0.29, 0.717) is 18.7 Å². The zero-order valence-corrected chi connectivity index (χ0v) is 19.7. The smallest absolute Gasteiger partial charge is 0.270 e. The number of hydrogen-bond acceptors (Lipinski definition) is 8. The predicted octanol–water partition coefficient (Wildman–Crippen LogP) is 0.692. The molecule has 3 N–H and O–H groups in total. The van der Waals surface area contributed by atoms with Gasteiger partial charge in [-0.2, -0.15) is 0 Å². The fourth-order valence-electron chi connectivity index (χ4n) is 4.57. The van der Waals surface area contributed by atoms with Crippen LogP contribution in [0.2, 0.25) is 0 Å². The summed E-state index contributed by atoms with van der Waals surface area (Å²) in [5.41, 5.74) is 4.65. The molecule has 0 radical (unpaired) electrons. The summed E-state index contributed by atoms with van der Waals surface area (Å²) in [6, 6.07) is 7.10. The molecule has 184 valence electrons. The molecule has 2 fully saturated rings. The number of piperazine rings is 1. The Balaban J connectivity index is 1.16. The van der Waals surface area contributed by atoms with Crippen LogP contribution in [0.4, 0.5) is 5.69 Å². The lowest BCUT2D eigenvalue weighted by Gasteiger charge is -2.36. The van der Waals surface area contributed by atoms with Crippen molar-refractivity contribution in [2.75, 3.05) is 44.3 Å². The molecule has 3 aromatic rings. The minimum atomic E-state index is -0.684. The Kier molecular flexibility index (Phi) is 6.76. The SMILES string of the molecule is CCc1cc2ncc(CN3CCN(c4ccc(C(=O)N[C@H]5COC[C@@H]5O)nc4)CC3)cc2[nH]c1=O. The van der Waals surface area contributed by atoms with Crippen LogP contribution in [0.15, 0.2) is 41.5 Å². The van der Waals surface area contributed by atoms with Gasteiger partial charge in [0.2, 0.25) is 0 Å². The van der Waals surface area contributed by atoms with Crippen LogP contribution in [-0.4, -0.2) is 82.4 Å². The molecule has 2 saturated heterocycles. The van der Waals surface area contributed by atoms with Crippen molar-refractivity contribution in [3.05, 3.63) is 63.8 Å². The average molecular weight is 479 g/mol. The molecule has 2 atom stereocenters. The molecule has 0 aliphatic carbocycles. The quantitative estimate of drug-likeness (QED) is 0.473. The van der Waals surface area contributed by atoms with Gasteiger partial charge in [0.25, 0.3) is 11.5 Å². The molecule has 0 unspecified atom stereocenters. The summed E-state index contributed by atoms with van der Waals surface area (Å²) < 4.78 is 5.17. The van der Waals surface area contributed by atoms with Gasteiger partial charge in [-0.15, -0.1) is 0 Å². The number of carbonyl (C=O) groups is 1. The van der Waals surface area contributed by atoms with Gasteiger partial charge in [-0.05, 0) is 36.2 Å². The second-order valence-corrected chi connectivity index (χ2v) is 9.10. The lowest BCUT2D eigenvalue weighted by atomic mass is 10.1. The summed E-state index contributed by atoms with van der Waals surface area (Å²) in [5, 5.41) is 12.6. The third-order valence-corrected chi connectivity index (χ3v) is 6.70. The summed E-state index contributed by atoms with van der Waals surface area (Å²) in [7, 11) is 0. The molecule has 10 heteroatoms. The van der Waals surface area contributed by atoms with Gasteiger partial charge in [-0.25, -0.2) is 4.98 Å². The van der Waals surface area contributed by atoms with E-state index in [2.05, 4.69) is 30.1 Å². The number of hydrogen-bond donors (Lipinski definition) is 3. The second kappa shape index (κ2) is 10.1. The first kappa shape index (κ1) is 23.4. The number of fused-ring (bicyclic) bond motifs is 1. The van der Waals surface area contributed by atoms with Gasteiger partial charge in [0.1, 0.15) is 5.69 Å². The number of aryl methyl sites for hydroxylation is 1. The number of pyridine rings is 3. The minimum Gasteiger partial charge on any atom is -0.388 e. The molecule has 10 nitrogen and oxygen atoms in total. The van der Waals surface area contributed by atoms with Gasteiger partial charge in [0.05, 0.1) is 48.3 Å². The largest absolute Gasteiger partial charge is 0.388 e. The van der Waals surface area contributed by atoms with Gasteiger partial charge in [-0.1, -0.05) is 6.92 Å². The molecular formula is C25H30N6O4. The number of nitrogens with one attached hydrogen (secondary N) is 2. The normalized spacial score (nSPS) is 20.9. The van der Waals surface area contributed by atoms with E-state index >= 15 is 0 Å². The van der Waals surface area contributed by atoms with Crippen LogP contribution in [0, 0.1) is 0 Å². The number of aromatic nitrogens is 3. The molecule has 0 bridgehead atoms. The maximum atomic E-state index is 12.4. The van der Waals surface area contributed by atoms with Crippen molar-refractivity contribution in [1.82, 2.24) is 25.2 Å². The van der Waals surface area contributed by atoms with Crippen molar-refractivity contribution in [1.29, 1.82) is 0 Å². The van der Waals surface area contributed by atoms with E-state index in [1.807, 2.05) is 31.3 Å². The van der Waals surface area contributed by atoms with E-state index in [9.17, 15) is 14.7 Å². The fraction of sp³-hybridized carbons (Fsp3) is 0.440. The molecule has 0 aromatic carbocycles. The summed E-state index contributed by atoms with van der Waals surface area (Å²) >= 11 is 0. The Labute approximate surface area is 202 Å². The summed E-state index contributed by atoms with van der Waals surface area (Å²) in [6.45, 7) is 6.72. The van der Waals surface area contributed by atoms with Crippen LogP contribution in [0.25, 0.3) is 11.0 Å². The van der Waals surface area contributed by atoms with Gasteiger partial charge >= 0.3 is 0 Å². The van der Waals surface area contributed by atoms with Gasteiger partial charge < -0.3 is 25.0 Å². The number of aliphatic hydroxyl groups is 1. The van der Waals surface area contributed by atoms with Crippen LogP contribution >= 0.6 is 0 Å². The van der Waals surface area contributed by atoms with E-state index < -0.39 is 12.1 Å². The highest BCUT2D eigenvalue weighted by molar-refractivity contribution is 5.92. The lowest BCUT2D eigenvalue weighted by molar-refractivity contribution is 0.0881. The van der Waals surface area contributed by atoms with Crippen LogP contribution in [0.3, 0.4) is 0 Å². The van der Waals surface area contributed by atoms with E-state index in [-0.39, 0.29) is 18.1 Å². The fourth-order valence-corrected chi connectivity index (χ4v) is 4.57. The number of anilines is 1. The van der Waals surface area contributed by atoms with Crippen LogP contribution in [-0.2, 0) is 17.7 Å². The van der Waals surface area contributed by atoms with Crippen LogP contribution < -0.4 is 15.8 Å². The van der Waals surface area contributed by atoms with Gasteiger partial charge in [0, 0.05) is 44.5 Å². The molecule has 5 rings (SSSR count). The molecule has 0 saturated carbocycles. The Hall–Kier alpha value is -3.34. The molecule has 3 aromatic heterocycles. The lowest BCUT2D eigenvalue weighted by Crippen LogP contribution is -2.46. The topological polar surface area (TPSA) is 124 Å². The number of ether oxygens (including phenoxy) is 1. The zero-order chi connectivity index (χ0) is 24.4. The average Bonchev–Trinajstić information content (AvgIpc) is 3.28. The second-order valence-electron chi connectivity index (χ2n) is 9.10. The summed E-state index contributed by atoms with van der Waals surface area (Å²) in [4.78, 5) is 41.0. The Morgan fingerprint density at radius 2 is 2.00 bits per heavy atom. The van der Waals surface area contributed by atoms with Crippen molar-refractivity contribution in [3.8, 4) is 0 Å². The first-order chi connectivity index (χ1) is 17.0. The Morgan fingerprint density at radius 1 is 1.17 bits per heavy atom. The molecular weight excluding hydrogens is 448 g/mol. The number of H-pyrrole nitrogens is 1. The van der Waals surface area contributed by atoms with Gasteiger partial charge in [-0.3, -0.25) is 19.5 Å². The molecule has 1 amide bonds. The third kappa shape index (κ3) is 5.19. The van der Waals surface area contributed by atoms with Crippen molar-refractivity contribution in [2.24, 2.45) is 0 Å². The maximum Gasteiger partial charge on any atom is 0.270 e. The van der Waals surface area contributed by atoms with E-state index in [0.717, 1.165) is 60.6 Å². The molecule has 0 spiro atoms. The standard InChI is InChI=1S/C25H30N6O4/c1-2-17-10-20-21(28-24(17)33)9-16(11-26-20)13-30-5-7-31(8-6-30)18-3-4-19(27-12-18)25(34)29-22-14-35-15-23(22)32/h3-4,9-12,22-23,32H,2,5-8,13-15H2,1H3,(H,28,33)(H,29,34)/t22-,23-/m0/s1. The first-order valence-corrected chi connectivity index (χ1v) is 12.0. The van der Waals surface area contributed by atoms with Crippen LogP contribution in [0.5, 0.6) is 0 Å². The van der Waals surface area contributed by atoms with E-state index in [4.69, 9.17) is 4.74 Å². The highest BCUT2D eigenvalue weighted by atomic mass is 16.5. The molecule has 2 aliphatic rings. The van der Waals surface area contributed by atoms with E-state index in [1.165, 1.54) is 0 Å².